The number of ether oxygens (including phenoxy) is 2. The number of amidine groups is 1. The molecule has 0 aliphatic heterocycles. The SMILES string of the molecule is N/C(=N\OC(=O)c1cccnc1C(F)(F)F)c1cc(OCc2ccccc2)c(OCc2ccccc2)c([N+](=O)[O-])c1. The normalized spacial score (nSPS) is 11.5. The van der Waals surface area contributed by atoms with Crippen LogP contribution >= 0.6 is 0 Å². The molecule has 1 aromatic heterocycles. The Morgan fingerprint density at radius 1 is 0.927 bits per heavy atom. The summed E-state index contributed by atoms with van der Waals surface area (Å²) in [5, 5.41) is 15.4. The molecule has 4 rings (SSSR count). The van der Waals surface area contributed by atoms with Crippen LogP contribution in [0.15, 0.2) is 96.3 Å². The van der Waals surface area contributed by atoms with E-state index in [1.165, 1.54) is 6.07 Å². The number of rotatable bonds is 10. The van der Waals surface area contributed by atoms with Gasteiger partial charge in [0, 0.05) is 17.8 Å². The zero-order chi connectivity index (χ0) is 29.4. The minimum atomic E-state index is -4.92. The number of hydrogen-bond acceptors (Lipinski definition) is 8. The number of carbonyl (C=O) groups is 1. The van der Waals surface area contributed by atoms with E-state index in [1.807, 2.05) is 12.1 Å². The van der Waals surface area contributed by atoms with Crippen LogP contribution in [0.1, 0.15) is 32.7 Å². The largest absolute Gasteiger partial charge is 0.485 e. The molecule has 0 aliphatic rings. The van der Waals surface area contributed by atoms with Gasteiger partial charge in [-0.15, -0.1) is 0 Å². The fourth-order valence-corrected chi connectivity index (χ4v) is 3.58. The molecule has 0 bridgehead atoms. The Balaban J connectivity index is 1.66. The summed E-state index contributed by atoms with van der Waals surface area (Å²) in [7, 11) is 0. The van der Waals surface area contributed by atoms with Crippen LogP contribution in [-0.4, -0.2) is 21.7 Å². The second-order valence-corrected chi connectivity index (χ2v) is 8.38. The Morgan fingerprint density at radius 3 is 2.12 bits per heavy atom. The van der Waals surface area contributed by atoms with Gasteiger partial charge in [-0.2, -0.15) is 13.2 Å². The molecule has 13 heteroatoms. The lowest BCUT2D eigenvalue weighted by atomic mass is 10.1. The van der Waals surface area contributed by atoms with E-state index in [2.05, 4.69) is 15.0 Å². The first-order valence-corrected chi connectivity index (χ1v) is 11.9. The van der Waals surface area contributed by atoms with Gasteiger partial charge in [0.05, 0.1) is 10.5 Å². The first-order chi connectivity index (χ1) is 19.6. The summed E-state index contributed by atoms with van der Waals surface area (Å²) in [6.45, 7) is -0.00698. The third kappa shape index (κ3) is 7.35. The van der Waals surface area contributed by atoms with Crippen molar-refractivity contribution in [2.45, 2.75) is 19.4 Å². The first kappa shape index (κ1) is 28.5. The fraction of sp³-hybridized carbons (Fsp3) is 0.107. The summed E-state index contributed by atoms with van der Waals surface area (Å²) in [4.78, 5) is 31.4. The number of nitro groups is 1. The molecule has 0 unspecified atom stereocenters. The zero-order valence-electron chi connectivity index (χ0n) is 21.1. The van der Waals surface area contributed by atoms with Crippen molar-refractivity contribution in [1.82, 2.24) is 4.98 Å². The molecule has 41 heavy (non-hydrogen) atoms. The van der Waals surface area contributed by atoms with E-state index in [0.29, 0.717) is 0 Å². The van der Waals surface area contributed by atoms with Crippen LogP contribution in [0, 0.1) is 10.1 Å². The van der Waals surface area contributed by atoms with Crippen LogP contribution in [0.3, 0.4) is 0 Å². The van der Waals surface area contributed by atoms with E-state index in [4.69, 9.17) is 15.2 Å². The minimum absolute atomic E-state index is 0.0103. The Morgan fingerprint density at radius 2 is 1.54 bits per heavy atom. The van der Waals surface area contributed by atoms with E-state index in [9.17, 15) is 28.1 Å². The highest BCUT2D eigenvalue weighted by Gasteiger charge is 2.37. The van der Waals surface area contributed by atoms with E-state index in [0.717, 1.165) is 35.5 Å². The maximum Gasteiger partial charge on any atom is 0.434 e. The maximum atomic E-state index is 13.2. The molecule has 0 saturated carbocycles. The van der Waals surface area contributed by atoms with Gasteiger partial charge in [-0.25, -0.2) is 4.79 Å². The topological polar surface area (TPSA) is 139 Å². The highest BCUT2D eigenvalue weighted by atomic mass is 19.4. The molecule has 0 spiro atoms. The van der Waals surface area contributed by atoms with Crippen LogP contribution in [0.25, 0.3) is 0 Å². The molecule has 0 fully saturated rings. The lowest BCUT2D eigenvalue weighted by Gasteiger charge is -2.15. The summed E-state index contributed by atoms with van der Waals surface area (Å²) in [6, 6.07) is 22.2. The van der Waals surface area contributed by atoms with E-state index in [-0.39, 0.29) is 30.3 Å². The molecular weight excluding hydrogens is 545 g/mol. The number of hydrogen-bond donors (Lipinski definition) is 1. The number of halogens is 3. The average Bonchev–Trinajstić information content (AvgIpc) is 2.98. The average molecular weight is 566 g/mol. The lowest BCUT2D eigenvalue weighted by Crippen LogP contribution is -2.18. The smallest absolute Gasteiger partial charge is 0.434 e. The van der Waals surface area contributed by atoms with Crippen molar-refractivity contribution in [3.05, 3.63) is 129 Å². The second kappa shape index (κ2) is 12.6. The van der Waals surface area contributed by atoms with Crippen LogP contribution in [0.2, 0.25) is 0 Å². The van der Waals surface area contributed by atoms with Crippen LogP contribution in [0.4, 0.5) is 18.9 Å². The van der Waals surface area contributed by atoms with Gasteiger partial charge in [0.2, 0.25) is 5.75 Å². The molecule has 0 aliphatic carbocycles. The van der Waals surface area contributed by atoms with Crippen LogP contribution in [0.5, 0.6) is 11.5 Å². The molecule has 210 valence electrons. The quantitative estimate of drug-likeness (QED) is 0.0855. The Labute approximate surface area is 230 Å². The number of nitrogens with two attached hydrogens (primary N) is 1. The maximum absolute atomic E-state index is 13.2. The van der Waals surface area contributed by atoms with E-state index >= 15 is 0 Å². The number of aromatic nitrogens is 1. The minimum Gasteiger partial charge on any atom is -0.485 e. The molecule has 0 atom stereocenters. The number of pyridine rings is 1. The van der Waals surface area contributed by atoms with E-state index < -0.39 is 39.8 Å². The standard InChI is InChI=1S/C28H21F3N4O6/c29-28(30,31)25-21(12-7-13-33-25)27(36)41-34-26(32)20-14-22(35(37)38)24(40-17-19-10-5-2-6-11-19)23(15-20)39-16-18-8-3-1-4-9-18/h1-15H,16-17H2,(H2,32,34). The van der Waals surface area contributed by atoms with Gasteiger partial charge in [-0.3, -0.25) is 15.1 Å². The summed E-state index contributed by atoms with van der Waals surface area (Å²) in [5.74, 6) is -2.28. The predicted molar refractivity (Wildman–Crippen MR) is 140 cm³/mol. The first-order valence-electron chi connectivity index (χ1n) is 11.9. The lowest BCUT2D eigenvalue weighted by molar-refractivity contribution is -0.386. The van der Waals surface area contributed by atoms with Crippen molar-refractivity contribution in [3.63, 3.8) is 0 Å². The molecule has 2 N–H and O–H groups in total. The number of nitrogens with zero attached hydrogens (tertiary/aromatic N) is 3. The van der Waals surface area contributed by atoms with Gasteiger partial charge >= 0.3 is 17.8 Å². The van der Waals surface area contributed by atoms with Crippen molar-refractivity contribution in [3.8, 4) is 11.5 Å². The van der Waals surface area contributed by atoms with Gasteiger partial charge in [0.25, 0.3) is 0 Å². The Kier molecular flexibility index (Phi) is 8.77. The molecule has 10 nitrogen and oxygen atoms in total. The molecule has 4 aromatic rings. The third-order valence-corrected chi connectivity index (χ3v) is 5.51. The number of alkyl halides is 3. The molecule has 1 heterocycles. The van der Waals surface area contributed by atoms with E-state index in [1.54, 1.807) is 48.5 Å². The van der Waals surface area contributed by atoms with Gasteiger partial charge in [0.1, 0.15) is 13.2 Å². The molecule has 3 aromatic carbocycles. The van der Waals surface area contributed by atoms with Gasteiger partial charge in [0.15, 0.2) is 17.3 Å². The van der Waals surface area contributed by atoms with Crippen molar-refractivity contribution < 1.29 is 37.2 Å². The van der Waals surface area contributed by atoms with Gasteiger partial charge in [-0.05, 0) is 29.3 Å². The van der Waals surface area contributed by atoms with Crippen molar-refractivity contribution in [2.24, 2.45) is 10.9 Å². The molecular formula is C28H21F3N4O6. The summed E-state index contributed by atoms with van der Waals surface area (Å²) < 4.78 is 51.3. The molecule has 0 saturated heterocycles. The van der Waals surface area contributed by atoms with Gasteiger partial charge < -0.3 is 20.0 Å². The number of carbonyl (C=O) groups excluding carboxylic acids is 1. The van der Waals surface area contributed by atoms with Crippen molar-refractivity contribution >= 4 is 17.5 Å². The van der Waals surface area contributed by atoms with Crippen LogP contribution in [-0.2, 0) is 24.2 Å². The monoisotopic (exact) mass is 566 g/mol. The summed E-state index contributed by atoms with van der Waals surface area (Å²) >= 11 is 0. The second-order valence-electron chi connectivity index (χ2n) is 8.38. The highest BCUT2D eigenvalue weighted by molar-refractivity contribution is 5.99. The molecule has 0 amide bonds. The number of nitro benzene ring substituents is 1. The molecule has 0 radical (unpaired) electrons. The highest BCUT2D eigenvalue weighted by Crippen LogP contribution is 2.39. The fourth-order valence-electron chi connectivity index (χ4n) is 3.58. The zero-order valence-corrected chi connectivity index (χ0v) is 21.1. The Bertz CT molecular complexity index is 1560. The summed E-state index contributed by atoms with van der Waals surface area (Å²) in [5.41, 5.74) is 4.42. The van der Waals surface area contributed by atoms with Gasteiger partial charge in [-0.1, -0.05) is 65.8 Å². The van der Waals surface area contributed by atoms with Crippen LogP contribution < -0.4 is 15.2 Å². The van der Waals surface area contributed by atoms with Crippen molar-refractivity contribution in [1.29, 1.82) is 0 Å². The van der Waals surface area contributed by atoms with Crippen molar-refractivity contribution in [2.75, 3.05) is 0 Å². The Hall–Kier alpha value is -5.46. The summed E-state index contributed by atoms with van der Waals surface area (Å²) in [6.07, 6.45) is -4.05. The number of oxime groups is 1. The number of benzene rings is 3. The third-order valence-electron chi connectivity index (χ3n) is 5.51. The predicted octanol–water partition coefficient (Wildman–Crippen LogP) is 5.64.